The summed E-state index contributed by atoms with van der Waals surface area (Å²) in [6, 6.07) is 0. The standard InChI is InChI=1S/C15H20N4O4/c20-15-11-2-1-5-14(11,18-6-8-22-9-7-18)19(21)12(15)4-3-10-13(15)17-23-16-10/h11,20H,1-9H2/t11-,14-,15-/m0/s1. The van der Waals surface area contributed by atoms with E-state index in [2.05, 4.69) is 15.2 Å². The van der Waals surface area contributed by atoms with Gasteiger partial charge in [-0.1, -0.05) is 10.3 Å². The molecule has 23 heavy (non-hydrogen) atoms. The Bertz CT molecular complexity index is 683. The number of aromatic nitrogens is 2. The highest BCUT2D eigenvalue weighted by Crippen LogP contribution is 2.56. The van der Waals surface area contributed by atoms with Crippen molar-refractivity contribution in [3.8, 4) is 0 Å². The Labute approximate surface area is 133 Å². The van der Waals surface area contributed by atoms with E-state index in [0.717, 1.165) is 37.1 Å². The van der Waals surface area contributed by atoms with Crippen LogP contribution in [-0.2, 0) is 16.8 Å². The van der Waals surface area contributed by atoms with E-state index in [1.165, 1.54) is 0 Å². The van der Waals surface area contributed by atoms with Gasteiger partial charge in [0.2, 0.25) is 17.0 Å². The summed E-state index contributed by atoms with van der Waals surface area (Å²) in [4.78, 5) is 2.22. The lowest BCUT2D eigenvalue weighted by Crippen LogP contribution is -2.60. The fraction of sp³-hybridized carbons (Fsp3) is 0.800. The Morgan fingerprint density at radius 1 is 1.26 bits per heavy atom. The van der Waals surface area contributed by atoms with Gasteiger partial charge >= 0.3 is 0 Å². The van der Waals surface area contributed by atoms with Crippen molar-refractivity contribution in [2.45, 2.75) is 43.4 Å². The fourth-order valence-corrected chi connectivity index (χ4v) is 5.30. The van der Waals surface area contributed by atoms with Crippen molar-refractivity contribution >= 4 is 5.71 Å². The molecule has 0 radical (unpaired) electrons. The molecule has 3 atom stereocenters. The summed E-state index contributed by atoms with van der Waals surface area (Å²) in [7, 11) is 0. The first-order chi connectivity index (χ1) is 11.2. The van der Waals surface area contributed by atoms with Crippen LogP contribution < -0.4 is 0 Å². The van der Waals surface area contributed by atoms with Crippen molar-refractivity contribution in [2.75, 3.05) is 26.3 Å². The van der Waals surface area contributed by atoms with Crippen LogP contribution in [0.4, 0.5) is 0 Å². The lowest BCUT2D eigenvalue weighted by Gasteiger charge is -2.42. The Morgan fingerprint density at radius 3 is 2.91 bits per heavy atom. The van der Waals surface area contributed by atoms with E-state index in [9.17, 15) is 10.3 Å². The third kappa shape index (κ3) is 1.49. The van der Waals surface area contributed by atoms with Crippen molar-refractivity contribution < 1.29 is 19.2 Å². The molecule has 1 N–H and O–H groups in total. The van der Waals surface area contributed by atoms with Crippen LogP contribution in [-0.4, -0.2) is 62.7 Å². The molecule has 2 aliphatic carbocycles. The van der Waals surface area contributed by atoms with E-state index < -0.39 is 11.3 Å². The van der Waals surface area contributed by atoms with Gasteiger partial charge in [-0.25, -0.2) is 9.53 Å². The quantitative estimate of drug-likeness (QED) is 0.574. The normalized spacial score (nSPS) is 40.1. The number of hydrogen-bond donors (Lipinski definition) is 1. The second-order valence-corrected chi connectivity index (χ2v) is 6.99. The van der Waals surface area contributed by atoms with E-state index in [0.29, 0.717) is 43.2 Å². The lowest BCUT2D eigenvalue weighted by atomic mass is 9.73. The van der Waals surface area contributed by atoms with Crippen LogP contribution in [0.15, 0.2) is 4.63 Å². The molecule has 0 aromatic carbocycles. The van der Waals surface area contributed by atoms with Gasteiger partial charge in [-0.15, -0.1) is 0 Å². The molecule has 0 spiro atoms. The molecule has 8 heteroatoms. The minimum Gasteiger partial charge on any atom is -0.622 e. The molecule has 3 heterocycles. The van der Waals surface area contributed by atoms with Gasteiger partial charge in [0, 0.05) is 32.4 Å². The molecule has 0 bridgehead atoms. The van der Waals surface area contributed by atoms with Crippen molar-refractivity contribution in [2.24, 2.45) is 5.92 Å². The Morgan fingerprint density at radius 2 is 2.09 bits per heavy atom. The second kappa shape index (κ2) is 4.52. The smallest absolute Gasteiger partial charge is 0.235 e. The first-order valence-corrected chi connectivity index (χ1v) is 8.40. The SMILES string of the molecule is [O-][N+]1=C2CCc3nonc3[C@]2(O)[C@H]2CCC[C@@]21N1CCOCC1. The summed E-state index contributed by atoms with van der Waals surface area (Å²) >= 11 is 0. The van der Waals surface area contributed by atoms with Crippen LogP contribution >= 0.6 is 0 Å². The number of nitrogens with zero attached hydrogens (tertiary/aromatic N) is 4. The molecule has 2 fully saturated rings. The predicted molar refractivity (Wildman–Crippen MR) is 77.6 cm³/mol. The van der Waals surface area contributed by atoms with E-state index >= 15 is 0 Å². The monoisotopic (exact) mass is 320 g/mol. The van der Waals surface area contributed by atoms with Crippen LogP contribution in [0.3, 0.4) is 0 Å². The number of morpholine rings is 1. The molecule has 0 amide bonds. The molecule has 8 nitrogen and oxygen atoms in total. The molecule has 124 valence electrons. The van der Waals surface area contributed by atoms with Crippen molar-refractivity contribution in [1.82, 2.24) is 15.2 Å². The second-order valence-electron chi connectivity index (χ2n) is 6.99. The van der Waals surface area contributed by atoms with Crippen LogP contribution in [0.25, 0.3) is 0 Å². The minimum atomic E-state index is -1.33. The average Bonchev–Trinajstić information content (AvgIpc) is 3.26. The van der Waals surface area contributed by atoms with Gasteiger partial charge < -0.3 is 15.1 Å². The summed E-state index contributed by atoms with van der Waals surface area (Å²) in [6.07, 6.45) is 3.62. The fourth-order valence-electron chi connectivity index (χ4n) is 5.30. The maximum atomic E-state index is 13.3. The van der Waals surface area contributed by atoms with Crippen molar-refractivity contribution in [1.29, 1.82) is 0 Å². The first kappa shape index (κ1) is 13.9. The number of fused-ring (bicyclic) bond motifs is 5. The summed E-state index contributed by atoms with van der Waals surface area (Å²) in [6.45, 7) is 2.71. The van der Waals surface area contributed by atoms with Crippen LogP contribution in [0, 0.1) is 11.1 Å². The highest BCUT2D eigenvalue weighted by molar-refractivity contribution is 5.92. The lowest BCUT2D eigenvalue weighted by molar-refractivity contribution is -0.583. The number of hydroxylamine groups is 1. The Hall–Kier alpha value is -1.51. The molecule has 1 saturated heterocycles. The van der Waals surface area contributed by atoms with Gasteiger partial charge in [0.15, 0.2) is 5.69 Å². The summed E-state index contributed by atoms with van der Waals surface area (Å²) in [5.74, 6) is -0.188. The van der Waals surface area contributed by atoms with Gasteiger partial charge in [-0.3, -0.25) is 0 Å². The zero-order chi connectivity index (χ0) is 15.7. The molecule has 1 aromatic heterocycles. The third-order valence-electron chi connectivity index (χ3n) is 6.21. The summed E-state index contributed by atoms with van der Waals surface area (Å²) in [5.41, 5.74) is -0.314. The van der Waals surface area contributed by atoms with Crippen molar-refractivity contribution in [3.63, 3.8) is 0 Å². The van der Waals surface area contributed by atoms with Crippen LogP contribution in [0.2, 0.25) is 0 Å². The predicted octanol–water partition coefficient (Wildman–Crippen LogP) is -0.00310. The Balaban J connectivity index is 1.69. The zero-order valence-corrected chi connectivity index (χ0v) is 12.9. The molecule has 4 aliphatic rings. The van der Waals surface area contributed by atoms with Crippen LogP contribution in [0.1, 0.15) is 37.1 Å². The average molecular weight is 320 g/mol. The molecular weight excluding hydrogens is 300 g/mol. The van der Waals surface area contributed by atoms with E-state index in [1.54, 1.807) is 0 Å². The zero-order valence-electron chi connectivity index (χ0n) is 12.9. The molecule has 0 unspecified atom stereocenters. The molecular formula is C15H20N4O4. The third-order valence-corrected chi connectivity index (χ3v) is 6.21. The number of hydrogen-bond acceptors (Lipinski definition) is 7. The van der Waals surface area contributed by atoms with Gasteiger partial charge in [-0.2, -0.15) is 4.74 Å². The van der Waals surface area contributed by atoms with Gasteiger partial charge in [0.25, 0.3) is 0 Å². The highest BCUT2D eigenvalue weighted by Gasteiger charge is 2.73. The van der Waals surface area contributed by atoms with Gasteiger partial charge in [0.05, 0.1) is 19.1 Å². The summed E-state index contributed by atoms with van der Waals surface area (Å²) < 4.78 is 11.5. The highest BCUT2D eigenvalue weighted by atomic mass is 16.6. The minimum absolute atomic E-state index is 0.188. The summed E-state index contributed by atoms with van der Waals surface area (Å²) in [5, 5.41) is 32.8. The maximum absolute atomic E-state index is 13.3. The van der Waals surface area contributed by atoms with E-state index in [-0.39, 0.29) is 5.92 Å². The maximum Gasteiger partial charge on any atom is 0.235 e. The topological polar surface area (TPSA) is 97.7 Å². The van der Waals surface area contributed by atoms with Crippen molar-refractivity contribution in [3.05, 3.63) is 16.6 Å². The van der Waals surface area contributed by atoms with E-state index in [1.807, 2.05) is 0 Å². The van der Waals surface area contributed by atoms with E-state index in [4.69, 9.17) is 9.37 Å². The molecule has 1 aromatic rings. The number of aliphatic hydroxyl groups is 1. The molecule has 5 rings (SSSR count). The number of aryl methyl sites for hydroxylation is 1. The number of rotatable bonds is 1. The largest absolute Gasteiger partial charge is 0.622 e. The first-order valence-electron chi connectivity index (χ1n) is 8.40. The number of ether oxygens (including phenoxy) is 1. The Kier molecular flexibility index (Phi) is 2.73. The van der Waals surface area contributed by atoms with Crippen LogP contribution in [0.5, 0.6) is 0 Å². The molecule has 1 saturated carbocycles. The van der Waals surface area contributed by atoms with Gasteiger partial charge in [-0.05, 0) is 12.8 Å². The molecule has 2 aliphatic heterocycles. The van der Waals surface area contributed by atoms with Gasteiger partial charge in [0.1, 0.15) is 5.69 Å².